The molecule has 1 fully saturated rings. The first-order valence-corrected chi connectivity index (χ1v) is 6.55. The third-order valence-electron chi connectivity index (χ3n) is 3.57. The lowest BCUT2D eigenvalue weighted by atomic mass is 9.85. The fourth-order valence-electron chi connectivity index (χ4n) is 2.40. The van der Waals surface area contributed by atoms with E-state index in [1.165, 1.54) is 0 Å². The van der Waals surface area contributed by atoms with Crippen molar-refractivity contribution in [3.8, 4) is 0 Å². The van der Waals surface area contributed by atoms with Crippen molar-refractivity contribution in [1.29, 1.82) is 0 Å². The Labute approximate surface area is 107 Å². The Morgan fingerprint density at radius 2 is 2.11 bits per heavy atom. The summed E-state index contributed by atoms with van der Waals surface area (Å²) >= 11 is 0. The predicted molar refractivity (Wildman–Crippen MR) is 70.0 cm³/mol. The number of nitrogens with zero attached hydrogens (tertiary/aromatic N) is 2. The molecule has 0 spiro atoms. The minimum Gasteiger partial charge on any atom is -0.369 e. The van der Waals surface area contributed by atoms with E-state index in [0.717, 1.165) is 43.6 Å². The molecule has 1 aromatic heterocycles. The SMILES string of the molecule is CCc1cc(N[C@H]2CC[C@H](C(N)=O)CC2)ncn1. The van der Waals surface area contributed by atoms with Crippen molar-refractivity contribution >= 4 is 11.7 Å². The van der Waals surface area contributed by atoms with Gasteiger partial charge in [0.1, 0.15) is 12.1 Å². The molecule has 0 saturated heterocycles. The Hall–Kier alpha value is -1.65. The van der Waals surface area contributed by atoms with E-state index in [4.69, 9.17) is 5.73 Å². The molecule has 2 rings (SSSR count). The molecule has 0 aliphatic heterocycles. The zero-order valence-corrected chi connectivity index (χ0v) is 10.7. The highest BCUT2D eigenvalue weighted by Crippen LogP contribution is 2.25. The van der Waals surface area contributed by atoms with Gasteiger partial charge in [-0.2, -0.15) is 0 Å². The second-order valence-corrected chi connectivity index (χ2v) is 4.84. The maximum atomic E-state index is 11.1. The molecule has 5 heteroatoms. The van der Waals surface area contributed by atoms with Gasteiger partial charge < -0.3 is 11.1 Å². The number of carbonyl (C=O) groups excluding carboxylic acids is 1. The lowest BCUT2D eigenvalue weighted by Crippen LogP contribution is -2.32. The number of amides is 1. The summed E-state index contributed by atoms with van der Waals surface area (Å²) in [6, 6.07) is 2.38. The molecule has 0 bridgehead atoms. The molecule has 18 heavy (non-hydrogen) atoms. The maximum absolute atomic E-state index is 11.1. The normalized spacial score (nSPS) is 23.6. The topological polar surface area (TPSA) is 80.9 Å². The maximum Gasteiger partial charge on any atom is 0.220 e. The first-order chi connectivity index (χ1) is 8.69. The molecule has 1 amide bonds. The van der Waals surface area contributed by atoms with Crippen LogP contribution in [0, 0.1) is 5.92 Å². The number of nitrogens with one attached hydrogen (secondary N) is 1. The molecule has 0 aromatic carbocycles. The third kappa shape index (κ3) is 3.18. The molecule has 0 radical (unpaired) electrons. The van der Waals surface area contributed by atoms with Gasteiger partial charge in [0.15, 0.2) is 0 Å². The molecule has 0 unspecified atom stereocenters. The molecule has 1 aromatic rings. The third-order valence-corrected chi connectivity index (χ3v) is 3.57. The van der Waals surface area contributed by atoms with Crippen LogP contribution in [0.15, 0.2) is 12.4 Å². The van der Waals surface area contributed by atoms with Crippen LogP contribution in [0.25, 0.3) is 0 Å². The zero-order valence-electron chi connectivity index (χ0n) is 10.7. The van der Waals surface area contributed by atoms with Crippen molar-refractivity contribution in [1.82, 2.24) is 9.97 Å². The molecular weight excluding hydrogens is 228 g/mol. The van der Waals surface area contributed by atoms with Crippen molar-refractivity contribution < 1.29 is 4.79 Å². The van der Waals surface area contributed by atoms with E-state index in [-0.39, 0.29) is 11.8 Å². The fourth-order valence-corrected chi connectivity index (χ4v) is 2.40. The van der Waals surface area contributed by atoms with Gasteiger partial charge in [0.25, 0.3) is 0 Å². The second kappa shape index (κ2) is 5.80. The quantitative estimate of drug-likeness (QED) is 0.846. The summed E-state index contributed by atoms with van der Waals surface area (Å²) in [5, 5.41) is 3.41. The monoisotopic (exact) mass is 248 g/mol. The van der Waals surface area contributed by atoms with Crippen molar-refractivity contribution in [3.63, 3.8) is 0 Å². The highest BCUT2D eigenvalue weighted by Gasteiger charge is 2.24. The largest absolute Gasteiger partial charge is 0.369 e. The van der Waals surface area contributed by atoms with Crippen molar-refractivity contribution in [2.24, 2.45) is 11.7 Å². The minimum absolute atomic E-state index is 0.0552. The van der Waals surface area contributed by atoms with Crippen molar-refractivity contribution in [2.75, 3.05) is 5.32 Å². The Morgan fingerprint density at radius 3 is 2.72 bits per heavy atom. The van der Waals surface area contributed by atoms with E-state index < -0.39 is 0 Å². The van der Waals surface area contributed by atoms with E-state index in [1.807, 2.05) is 6.07 Å². The number of aryl methyl sites for hydroxylation is 1. The van der Waals surface area contributed by atoms with Crippen molar-refractivity contribution in [2.45, 2.75) is 45.1 Å². The lowest BCUT2D eigenvalue weighted by molar-refractivity contribution is -0.122. The van der Waals surface area contributed by atoms with Crippen LogP contribution in [0.3, 0.4) is 0 Å². The Kier molecular flexibility index (Phi) is 4.12. The standard InChI is InChI=1S/C13H20N4O/c1-2-10-7-12(16-8-15-10)17-11-5-3-9(4-6-11)13(14)18/h7-9,11H,2-6H2,1H3,(H2,14,18)(H,15,16,17)/t9-,11-. The van der Waals surface area contributed by atoms with E-state index in [1.54, 1.807) is 6.33 Å². The average Bonchev–Trinajstić information content (AvgIpc) is 2.39. The lowest BCUT2D eigenvalue weighted by Gasteiger charge is -2.27. The van der Waals surface area contributed by atoms with Gasteiger partial charge in [-0.05, 0) is 32.1 Å². The number of hydrogen-bond acceptors (Lipinski definition) is 4. The summed E-state index contributed by atoms with van der Waals surface area (Å²) in [5.74, 6) is 0.771. The van der Waals surface area contributed by atoms with Crippen LogP contribution in [0.5, 0.6) is 0 Å². The highest BCUT2D eigenvalue weighted by atomic mass is 16.1. The fraction of sp³-hybridized carbons (Fsp3) is 0.615. The molecule has 5 nitrogen and oxygen atoms in total. The summed E-state index contributed by atoms with van der Waals surface area (Å²) in [5.41, 5.74) is 6.36. The number of carbonyl (C=O) groups is 1. The number of rotatable bonds is 4. The molecule has 3 N–H and O–H groups in total. The summed E-state index contributed by atoms with van der Waals surface area (Å²) in [6.45, 7) is 2.07. The van der Waals surface area contributed by atoms with Crippen LogP contribution < -0.4 is 11.1 Å². The van der Waals surface area contributed by atoms with Crippen LogP contribution in [-0.2, 0) is 11.2 Å². The van der Waals surface area contributed by atoms with Gasteiger partial charge in [-0.1, -0.05) is 6.92 Å². The number of primary amides is 1. The Balaban J connectivity index is 1.89. The smallest absolute Gasteiger partial charge is 0.220 e. The van der Waals surface area contributed by atoms with Crippen LogP contribution in [0.1, 0.15) is 38.3 Å². The number of hydrogen-bond donors (Lipinski definition) is 2. The van der Waals surface area contributed by atoms with E-state index in [0.29, 0.717) is 6.04 Å². The van der Waals surface area contributed by atoms with Crippen LogP contribution in [0.4, 0.5) is 5.82 Å². The van der Waals surface area contributed by atoms with Crippen LogP contribution >= 0.6 is 0 Å². The molecular formula is C13H20N4O. The highest BCUT2D eigenvalue weighted by molar-refractivity contribution is 5.76. The van der Waals surface area contributed by atoms with Gasteiger partial charge in [0, 0.05) is 23.7 Å². The molecule has 1 aliphatic carbocycles. The molecule has 1 saturated carbocycles. The number of anilines is 1. The zero-order chi connectivity index (χ0) is 13.0. The number of nitrogens with two attached hydrogens (primary N) is 1. The van der Waals surface area contributed by atoms with E-state index >= 15 is 0 Å². The van der Waals surface area contributed by atoms with Gasteiger partial charge in [0.05, 0.1) is 0 Å². The second-order valence-electron chi connectivity index (χ2n) is 4.84. The summed E-state index contributed by atoms with van der Waals surface area (Å²) in [4.78, 5) is 19.5. The number of aromatic nitrogens is 2. The van der Waals surface area contributed by atoms with Crippen molar-refractivity contribution in [3.05, 3.63) is 18.1 Å². The van der Waals surface area contributed by atoms with Gasteiger partial charge in [-0.25, -0.2) is 9.97 Å². The van der Waals surface area contributed by atoms with E-state index in [9.17, 15) is 4.79 Å². The molecule has 1 heterocycles. The summed E-state index contributed by atoms with van der Waals surface area (Å²) in [6.07, 6.45) is 6.19. The van der Waals surface area contributed by atoms with Crippen LogP contribution in [0.2, 0.25) is 0 Å². The van der Waals surface area contributed by atoms with Crippen LogP contribution in [-0.4, -0.2) is 21.9 Å². The minimum atomic E-state index is -0.163. The average molecular weight is 248 g/mol. The first-order valence-electron chi connectivity index (χ1n) is 6.55. The van der Waals surface area contributed by atoms with Gasteiger partial charge in [-0.15, -0.1) is 0 Å². The molecule has 98 valence electrons. The Bertz CT molecular complexity index is 413. The van der Waals surface area contributed by atoms with Gasteiger partial charge >= 0.3 is 0 Å². The molecule has 1 aliphatic rings. The van der Waals surface area contributed by atoms with E-state index in [2.05, 4.69) is 22.2 Å². The van der Waals surface area contributed by atoms with Gasteiger partial charge in [-0.3, -0.25) is 4.79 Å². The summed E-state index contributed by atoms with van der Waals surface area (Å²) in [7, 11) is 0. The summed E-state index contributed by atoms with van der Waals surface area (Å²) < 4.78 is 0. The molecule has 0 atom stereocenters. The first kappa shape index (κ1) is 12.8. The predicted octanol–water partition coefficient (Wildman–Crippen LogP) is 1.50. The Morgan fingerprint density at radius 1 is 1.39 bits per heavy atom. The van der Waals surface area contributed by atoms with Gasteiger partial charge in [0.2, 0.25) is 5.91 Å².